The predicted octanol–water partition coefficient (Wildman–Crippen LogP) is 1.29. The van der Waals surface area contributed by atoms with Crippen LogP contribution in [0.1, 0.15) is 33.1 Å². The first kappa shape index (κ1) is 21.0. The van der Waals surface area contributed by atoms with Crippen molar-refractivity contribution in [2.75, 3.05) is 26.4 Å². The number of esters is 2. The molecule has 1 saturated heterocycles. The summed E-state index contributed by atoms with van der Waals surface area (Å²) >= 11 is -3.69. The average Bonchev–Trinajstić information content (AvgIpc) is 2.47. The summed E-state index contributed by atoms with van der Waals surface area (Å²) in [4.78, 5) is 47.0. The first-order valence-electron chi connectivity index (χ1n) is 8.03. The number of hydrogen-bond donors (Lipinski definition) is 0. The minimum atomic E-state index is -3.69. The van der Waals surface area contributed by atoms with Crippen molar-refractivity contribution in [2.45, 2.75) is 42.6 Å². The third kappa shape index (κ3) is 7.66. The Morgan fingerprint density at radius 3 is 1.62 bits per heavy atom. The van der Waals surface area contributed by atoms with E-state index in [1.54, 1.807) is 13.8 Å². The molecule has 0 spiro atoms. The molecule has 0 aromatic carbocycles. The number of rotatable bonds is 10. The Bertz CT molecular complexity index is 434. The van der Waals surface area contributed by atoms with Gasteiger partial charge in [0.05, 0.1) is 0 Å². The van der Waals surface area contributed by atoms with Crippen LogP contribution in [-0.4, -0.2) is 49.9 Å². The van der Waals surface area contributed by atoms with E-state index in [0.717, 1.165) is 0 Å². The fraction of sp³-hybridized carbons (Fsp3) is 0.733. The van der Waals surface area contributed by atoms with Crippen molar-refractivity contribution in [1.82, 2.24) is 0 Å². The van der Waals surface area contributed by atoms with Crippen molar-refractivity contribution in [3.05, 3.63) is 0 Å². The molecule has 1 fully saturated rings. The summed E-state index contributed by atoms with van der Waals surface area (Å²) in [6.45, 7) is 4.54. The van der Waals surface area contributed by atoms with Gasteiger partial charge in [-0.2, -0.15) is 0 Å². The van der Waals surface area contributed by atoms with E-state index in [4.69, 9.17) is 16.1 Å². The molecule has 136 valence electrons. The molecule has 0 amide bonds. The summed E-state index contributed by atoms with van der Waals surface area (Å²) in [5.74, 6) is -1.93. The van der Waals surface area contributed by atoms with E-state index in [2.05, 4.69) is 0 Å². The number of ether oxygens (including phenoxy) is 2. The van der Waals surface area contributed by atoms with E-state index in [-0.39, 0.29) is 47.1 Å². The normalized spacial score (nSPS) is 16.2. The van der Waals surface area contributed by atoms with Gasteiger partial charge in [0, 0.05) is 0 Å². The maximum atomic E-state index is 12.1. The molecule has 0 N–H and O–H groups in total. The molecule has 0 aromatic rings. The van der Waals surface area contributed by atoms with Crippen molar-refractivity contribution in [3.63, 3.8) is 0 Å². The van der Waals surface area contributed by atoms with Crippen LogP contribution in [0.25, 0.3) is 0 Å². The summed E-state index contributed by atoms with van der Waals surface area (Å²) in [5.41, 5.74) is 0. The van der Waals surface area contributed by atoms with Crippen LogP contribution in [-0.2, 0) is 52.7 Å². The SMILES string of the molecule is CCOC(=O)CC(=O)[CH2][Ti]1([CH2]C(=O)CC(=O)OCC)[O]CCC[O]1. The average molecular weight is 380 g/mol. The van der Waals surface area contributed by atoms with Crippen LogP contribution in [0.2, 0.25) is 9.45 Å². The summed E-state index contributed by atoms with van der Waals surface area (Å²) in [6, 6.07) is 0. The molecule has 1 heterocycles. The van der Waals surface area contributed by atoms with E-state index >= 15 is 0 Å². The van der Waals surface area contributed by atoms with Gasteiger partial charge in [0.15, 0.2) is 0 Å². The molecule has 1 aliphatic rings. The third-order valence-corrected chi connectivity index (χ3v) is 8.44. The maximum absolute atomic E-state index is 12.1. The Balaban J connectivity index is 2.65. The standard InChI is InChI=1S/2C6H9O3.C3H6O2.Ti/c2*1-3-9-6(8)4-5(2)7;4-2-1-3-5;/h2*2-4H2,1H3;1-3H2;/q;;-2;+2. The van der Waals surface area contributed by atoms with E-state index in [1.807, 2.05) is 0 Å². The topological polar surface area (TPSA) is 105 Å². The monoisotopic (exact) mass is 380 g/mol. The third-order valence-electron chi connectivity index (χ3n) is 3.25. The van der Waals surface area contributed by atoms with Gasteiger partial charge in [0.25, 0.3) is 0 Å². The second kappa shape index (κ2) is 10.7. The number of carbonyl (C=O) groups is 4. The zero-order valence-electron chi connectivity index (χ0n) is 14.1. The molecular formula is C15H24O8Ti. The van der Waals surface area contributed by atoms with Crippen LogP contribution in [0, 0.1) is 0 Å². The quantitative estimate of drug-likeness (QED) is 0.317. The van der Waals surface area contributed by atoms with Crippen molar-refractivity contribution in [2.24, 2.45) is 0 Å². The zero-order chi connectivity index (χ0) is 18.0. The Morgan fingerprint density at radius 2 is 1.25 bits per heavy atom. The summed E-state index contributed by atoms with van der Waals surface area (Å²) in [7, 11) is 0. The fourth-order valence-corrected chi connectivity index (χ4v) is 7.20. The number of ketones is 2. The van der Waals surface area contributed by atoms with Crippen LogP contribution >= 0.6 is 0 Å². The molecule has 0 saturated carbocycles. The van der Waals surface area contributed by atoms with Gasteiger partial charge in [0.1, 0.15) is 0 Å². The summed E-state index contributed by atoms with van der Waals surface area (Å²) < 4.78 is 20.8. The van der Waals surface area contributed by atoms with Gasteiger partial charge >= 0.3 is 145 Å². The summed E-state index contributed by atoms with van der Waals surface area (Å²) in [5, 5.41) is 0. The van der Waals surface area contributed by atoms with Crippen LogP contribution in [0.4, 0.5) is 0 Å². The van der Waals surface area contributed by atoms with Crippen LogP contribution in [0.3, 0.4) is 0 Å². The zero-order valence-corrected chi connectivity index (χ0v) is 15.7. The van der Waals surface area contributed by atoms with E-state index in [0.29, 0.717) is 19.6 Å². The van der Waals surface area contributed by atoms with E-state index in [1.165, 1.54) is 0 Å². The van der Waals surface area contributed by atoms with Gasteiger partial charge in [0.2, 0.25) is 0 Å². The Hall–Kier alpha value is -1.09. The van der Waals surface area contributed by atoms with E-state index in [9.17, 15) is 19.2 Å². The second-order valence-corrected chi connectivity index (χ2v) is 10.2. The first-order valence-corrected chi connectivity index (χ1v) is 11.5. The molecule has 0 aromatic heterocycles. The predicted molar refractivity (Wildman–Crippen MR) is 78.6 cm³/mol. The van der Waals surface area contributed by atoms with Crippen molar-refractivity contribution in [3.8, 4) is 0 Å². The first-order chi connectivity index (χ1) is 11.4. The van der Waals surface area contributed by atoms with Crippen molar-refractivity contribution in [1.29, 1.82) is 0 Å². The molecule has 1 rings (SSSR count). The molecule has 0 radical (unpaired) electrons. The van der Waals surface area contributed by atoms with Crippen molar-refractivity contribution < 1.29 is 52.7 Å². The summed E-state index contributed by atoms with van der Waals surface area (Å²) in [6.07, 6.45) is -0.0373. The van der Waals surface area contributed by atoms with Gasteiger partial charge in [-0.25, -0.2) is 0 Å². The number of carbonyl (C=O) groups excluding carboxylic acids is 4. The fourth-order valence-electron chi connectivity index (χ4n) is 2.36. The van der Waals surface area contributed by atoms with Gasteiger partial charge < -0.3 is 0 Å². The molecule has 8 nitrogen and oxygen atoms in total. The van der Waals surface area contributed by atoms with Gasteiger partial charge in [-0.3, -0.25) is 0 Å². The van der Waals surface area contributed by atoms with E-state index < -0.39 is 29.3 Å². The molecule has 0 atom stereocenters. The molecule has 0 bridgehead atoms. The van der Waals surface area contributed by atoms with Crippen LogP contribution in [0.5, 0.6) is 0 Å². The Labute approximate surface area is 145 Å². The Kier molecular flexibility index (Phi) is 9.35. The van der Waals surface area contributed by atoms with Crippen LogP contribution in [0.15, 0.2) is 0 Å². The van der Waals surface area contributed by atoms with Crippen LogP contribution < -0.4 is 0 Å². The van der Waals surface area contributed by atoms with Gasteiger partial charge in [-0.05, 0) is 0 Å². The van der Waals surface area contributed by atoms with Gasteiger partial charge in [-0.15, -0.1) is 0 Å². The Morgan fingerprint density at radius 1 is 0.833 bits per heavy atom. The number of hydrogen-bond acceptors (Lipinski definition) is 8. The van der Waals surface area contributed by atoms with Crippen molar-refractivity contribution >= 4 is 23.5 Å². The molecule has 0 unspecified atom stereocenters. The molecule has 9 heteroatoms. The molecule has 1 aliphatic heterocycles. The van der Waals surface area contributed by atoms with Gasteiger partial charge in [-0.1, -0.05) is 0 Å². The minimum absolute atomic E-state index is 0.0621. The second-order valence-electron chi connectivity index (χ2n) is 5.36. The molecular weight excluding hydrogens is 356 g/mol. The molecule has 24 heavy (non-hydrogen) atoms. The molecule has 0 aliphatic carbocycles. The number of Topliss-reactive ketones (excluding diaryl/α,β-unsaturated/α-hetero) is 2.